The summed E-state index contributed by atoms with van der Waals surface area (Å²) in [6.45, 7) is 11.2. The van der Waals surface area contributed by atoms with Crippen LogP contribution in [-0.4, -0.2) is 114 Å². The quantitative estimate of drug-likeness (QED) is 0.274. The molecule has 0 aromatic rings. The third-order valence-corrected chi connectivity index (χ3v) is 8.60. The maximum absolute atomic E-state index is 10.5. The molecule has 7 nitrogen and oxygen atoms in total. The van der Waals surface area contributed by atoms with Crippen LogP contribution in [-0.2, 0) is 9.47 Å². The molecule has 0 unspecified atom stereocenters. The number of rotatable bonds is 14. The van der Waals surface area contributed by atoms with Crippen LogP contribution in [0.1, 0.15) is 71.1 Å². The minimum atomic E-state index is -1.22. The van der Waals surface area contributed by atoms with Crippen LogP contribution >= 0.6 is 0 Å². The fraction of sp³-hybridized carbons (Fsp3) is 1.00. The molecule has 4 rings (SSSR count). The highest BCUT2D eigenvalue weighted by molar-refractivity contribution is 4.89. The largest absolute Gasteiger partial charge is 0.387 e. The number of nitrogens with zero attached hydrogens (tertiary/aromatic N) is 2. The van der Waals surface area contributed by atoms with Crippen LogP contribution < -0.4 is 0 Å². The number of methoxy groups -OCH3 is 1. The molecule has 4 aliphatic heterocycles. The van der Waals surface area contributed by atoms with Gasteiger partial charge in [-0.2, -0.15) is 0 Å². The fourth-order valence-corrected chi connectivity index (χ4v) is 6.13. The van der Waals surface area contributed by atoms with E-state index in [1.807, 2.05) is 0 Å². The van der Waals surface area contributed by atoms with Crippen molar-refractivity contribution in [1.82, 2.24) is 0 Å². The summed E-state index contributed by atoms with van der Waals surface area (Å²) in [5, 5.41) is 30.7. The molecule has 4 saturated heterocycles. The van der Waals surface area contributed by atoms with Crippen molar-refractivity contribution in [3.8, 4) is 0 Å². The molecular formula is C25H50N2O5+2. The van der Waals surface area contributed by atoms with E-state index in [0.717, 1.165) is 24.1 Å². The molecule has 188 valence electrons. The predicted molar refractivity (Wildman–Crippen MR) is 125 cm³/mol. The van der Waals surface area contributed by atoms with Gasteiger partial charge in [-0.05, 0) is 12.8 Å². The number of aliphatic hydroxyl groups excluding tert-OH is 3. The van der Waals surface area contributed by atoms with Crippen molar-refractivity contribution < 1.29 is 33.8 Å². The lowest BCUT2D eigenvalue weighted by atomic mass is 9.96. The van der Waals surface area contributed by atoms with E-state index < -0.39 is 30.7 Å². The van der Waals surface area contributed by atoms with E-state index in [4.69, 9.17) is 9.47 Å². The van der Waals surface area contributed by atoms with Gasteiger partial charge in [0.05, 0.1) is 6.54 Å². The van der Waals surface area contributed by atoms with Gasteiger partial charge in [0.25, 0.3) is 0 Å². The Morgan fingerprint density at radius 2 is 1.19 bits per heavy atom. The molecule has 0 aromatic heterocycles. The van der Waals surface area contributed by atoms with Crippen LogP contribution in [0.5, 0.6) is 0 Å². The summed E-state index contributed by atoms with van der Waals surface area (Å²) >= 11 is 0. The SMILES string of the molecule is CCCCCCCCCCCC[N+]12CC[N+](C[C@H]3O[C@H](OC)[C@H](O)[C@@H](O)[C@@H]3O)(CC1)CC2. The summed E-state index contributed by atoms with van der Waals surface area (Å²) < 4.78 is 13.2. The molecule has 7 heteroatoms. The van der Waals surface area contributed by atoms with Gasteiger partial charge in [0.1, 0.15) is 70.2 Å². The summed E-state index contributed by atoms with van der Waals surface area (Å²) in [5.74, 6) is 0. The third kappa shape index (κ3) is 6.65. The summed E-state index contributed by atoms with van der Waals surface area (Å²) in [5.41, 5.74) is 0. The van der Waals surface area contributed by atoms with Crippen molar-refractivity contribution in [3.05, 3.63) is 0 Å². The monoisotopic (exact) mass is 458 g/mol. The van der Waals surface area contributed by atoms with E-state index in [1.165, 1.54) is 102 Å². The summed E-state index contributed by atoms with van der Waals surface area (Å²) in [6, 6.07) is 0. The number of ether oxygens (including phenoxy) is 2. The smallest absolute Gasteiger partial charge is 0.186 e. The van der Waals surface area contributed by atoms with Gasteiger partial charge in [-0.15, -0.1) is 0 Å². The molecule has 32 heavy (non-hydrogen) atoms. The Morgan fingerprint density at radius 3 is 1.72 bits per heavy atom. The zero-order chi connectivity index (χ0) is 23.0. The van der Waals surface area contributed by atoms with E-state index in [0.29, 0.717) is 6.54 Å². The van der Waals surface area contributed by atoms with Gasteiger partial charge < -0.3 is 33.8 Å². The summed E-state index contributed by atoms with van der Waals surface area (Å²) in [6.07, 6.45) is 9.01. The maximum Gasteiger partial charge on any atom is 0.186 e. The van der Waals surface area contributed by atoms with Gasteiger partial charge in [-0.25, -0.2) is 0 Å². The third-order valence-electron chi connectivity index (χ3n) is 8.60. The molecule has 0 aliphatic carbocycles. The van der Waals surface area contributed by atoms with Gasteiger partial charge in [0, 0.05) is 7.11 Å². The second kappa shape index (κ2) is 12.4. The Kier molecular flexibility index (Phi) is 10.2. The number of hydrogen-bond donors (Lipinski definition) is 3. The lowest BCUT2D eigenvalue weighted by Crippen LogP contribution is -2.77. The number of unbranched alkanes of at least 4 members (excludes halogenated alkanes) is 9. The van der Waals surface area contributed by atoms with Crippen LogP contribution in [0.4, 0.5) is 0 Å². The molecule has 4 heterocycles. The number of quaternary nitrogens is 2. The highest BCUT2D eigenvalue weighted by atomic mass is 16.7. The molecule has 4 fully saturated rings. The van der Waals surface area contributed by atoms with E-state index in [1.54, 1.807) is 0 Å². The minimum Gasteiger partial charge on any atom is -0.387 e. The van der Waals surface area contributed by atoms with Crippen LogP contribution in [0, 0.1) is 0 Å². The first-order valence-electron chi connectivity index (χ1n) is 13.4. The molecule has 0 spiro atoms. The summed E-state index contributed by atoms with van der Waals surface area (Å²) in [4.78, 5) is 0. The van der Waals surface area contributed by atoms with Gasteiger partial charge in [-0.1, -0.05) is 58.3 Å². The zero-order valence-corrected chi connectivity index (χ0v) is 20.7. The van der Waals surface area contributed by atoms with Crippen LogP contribution in [0.3, 0.4) is 0 Å². The lowest BCUT2D eigenvalue weighted by molar-refractivity contribution is -1.08. The van der Waals surface area contributed by atoms with Crippen molar-refractivity contribution in [1.29, 1.82) is 0 Å². The first-order valence-corrected chi connectivity index (χ1v) is 13.4. The number of hydrogen-bond acceptors (Lipinski definition) is 5. The average molecular weight is 459 g/mol. The number of piperazine rings is 3. The topological polar surface area (TPSA) is 79.2 Å². The first-order chi connectivity index (χ1) is 15.4. The second-order valence-corrected chi connectivity index (χ2v) is 10.9. The normalized spacial score (nSPS) is 39.5. The van der Waals surface area contributed by atoms with Crippen molar-refractivity contribution in [2.24, 2.45) is 0 Å². The first kappa shape index (κ1) is 26.3. The predicted octanol–water partition coefficient (Wildman–Crippen LogP) is 2.02. The van der Waals surface area contributed by atoms with Gasteiger partial charge in [0.2, 0.25) is 0 Å². The Balaban J connectivity index is 1.34. The van der Waals surface area contributed by atoms with E-state index in [2.05, 4.69) is 6.92 Å². The highest BCUT2D eigenvalue weighted by Crippen LogP contribution is 2.31. The van der Waals surface area contributed by atoms with E-state index in [9.17, 15) is 15.3 Å². The number of aliphatic hydroxyl groups is 3. The Morgan fingerprint density at radius 1 is 0.688 bits per heavy atom. The minimum absolute atomic E-state index is 0.501. The maximum atomic E-state index is 10.5. The standard InChI is InChI=1S/C25H50N2O5/c1-3-4-5-6-7-8-9-10-11-12-13-26-14-17-27(18-15-26,19-16-26)20-21-22(28)23(29)24(30)25(31-2)32-21/h21-25,28-30H,3-20H2,1-2H3/q+2/t21-,22-,23+,24-,25+,26?,27?/m1/s1. The molecule has 5 atom stereocenters. The van der Waals surface area contributed by atoms with E-state index in [-0.39, 0.29) is 0 Å². The summed E-state index contributed by atoms with van der Waals surface area (Å²) in [7, 11) is 1.46. The van der Waals surface area contributed by atoms with Gasteiger partial charge >= 0.3 is 0 Å². The van der Waals surface area contributed by atoms with Crippen molar-refractivity contribution in [2.75, 3.05) is 59.5 Å². The van der Waals surface area contributed by atoms with Crippen LogP contribution in [0.25, 0.3) is 0 Å². The zero-order valence-electron chi connectivity index (χ0n) is 20.7. The molecule has 0 amide bonds. The molecule has 0 radical (unpaired) electrons. The molecular weight excluding hydrogens is 408 g/mol. The number of fused-ring (bicyclic) bond motifs is 3. The molecule has 0 aromatic carbocycles. The average Bonchev–Trinajstić information content (AvgIpc) is 2.82. The van der Waals surface area contributed by atoms with Crippen molar-refractivity contribution in [3.63, 3.8) is 0 Å². The Hall–Kier alpha value is -0.280. The molecule has 2 bridgehead atoms. The molecule has 0 saturated carbocycles. The molecule has 3 N–H and O–H groups in total. The second-order valence-electron chi connectivity index (χ2n) is 10.9. The van der Waals surface area contributed by atoms with Gasteiger partial charge in [-0.3, -0.25) is 0 Å². The van der Waals surface area contributed by atoms with Gasteiger partial charge in [0.15, 0.2) is 6.29 Å². The van der Waals surface area contributed by atoms with Crippen molar-refractivity contribution in [2.45, 2.75) is 102 Å². The van der Waals surface area contributed by atoms with E-state index >= 15 is 0 Å². The Labute approximate surface area is 195 Å². The highest BCUT2D eigenvalue weighted by Gasteiger charge is 2.53. The Bertz CT molecular complexity index is 522. The lowest BCUT2D eigenvalue weighted by Gasteiger charge is -2.57. The molecule has 4 aliphatic rings. The van der Waals surface area contributed by atoms with Crippen LogP contribution in [0.15, 0.2) is 0 Å². The van der Waals surface area contributed by atoms with Crippen LogP contribution in [0.2, 0.25) is 0 Å². The van der Waals surface area contributed by atoms with Crippen molar-refractivity contribution >= 4 is 0 Å². The fourth-order valence-electron chi connectivity index (χ4n) is 6.13.